The van der Waals surface area contributed by atoms with Crippen molar-refractivity contribution in [2.75, 3.05) is 18.2 Å². The number of anilines is 3. The number of hydrogen-bond acceptors (Lipinski definition) is 6. The zero-order valence-corrected chi connectivity index (χ0v) is 12.0. The zero-order chi connectivity index (χ0) is 15.4. The molecule has 0 aliphatic rings. The van der Waals surface area contributed by atoms with Gasteiger partial charge in [-0.15, -0.1) is 0 Å². The van der Waals surface area contributed by atoms with Crippen molar-refractivity contribution in [2.45, 2.75) is 0 Å². The maximum Gasteiger partial charge on any atom is 0.222 e. The van der Waals surface area contributed by atoms with Gasteiger partial charge in [0.1, 0.15) is 12.1 Å². The van der Waals surface area contributed by atoms with E-state index in [2.05, 4.69) is 20.3 Å². The monoisotopic (exact) mass is 293 g/mol. The van der Waals surface area contributed by atoms with Gasteiger partial charge in [0, 0.05) is 23.6 Å². The van der Waals surface area contributed by atoms with Gasteiger partial charge in [0.05, 0.1) is 18.4 Å². The lowest BCUT2D eigenvalue weighted by atomic mass is 10.2. The van der Waals surface area contributed by atoms with Gasteiger partial charge in [0.15, 0.2) is 0 Å². The third kappa shape index (κ3) is 2.95. The van der Waals surface area contributed by atoms with Gasteiger partial charge in [-0.1, -0.05) is 6.07 Å². The van der Waals surface area contributed by atoms with E-state index < -0.39 is 0 Å². The number of ether oxygens (including phenoxy) is 1. The molecule has 0 spiro atoms. The largest absolute Gasteiger partial charge is 0.481 e. The summed E-state index contributed by atoms with van der Waals surface area (Å²) in [6.45, 7) is 0. The number of rotatable bonds is 4. The van der Waals surface area contributed by atoms with E-state index in [1.807, 2.05) is 42.5 Å². The molecule has 0 aliphatic heterocycles. The van der Waals surface area contributed by atoms with Gasteiger partial charge in [-0.3, -0.25) is 0 Å². The number of nitrogen functional groups attached to an aromatic ring is 1. The van der Waals surface area contributed by atoms with E-state index in [0.717, 1.165) is 16.9 Å². The van der Waals surface area contributed by atoms with Crippen LogP contribution in [0.4, 0.5) is 17.2 Å². The normalized spacial score (nSPS) is 10.2. The van der Waals surface area contributed by atoms with Crippen molar-refractivity contribution in [3.8, 4) is 17.1 Å². The first-order chi connectivity index (χ1) is 10.8. The molecule has 22 heavy (non-hydrogen) atoms. The predicted molar refractivity (Wildman–Crippen MR) is 86.0 cm³/mol. The number of benzene rings is 1. The summed E-state index contributed by atoms with van der Waals surface area (Å²) in [5, 5.41) is 3.20. The topological polar surface area (TPSA) is 86.0 Å². The third-order valence-electron chi connectivity index (χ3n) is 3.07. The predicted octanol–water partition coefficient (Wildman–Crippen LogP) is 2.87. The molecule has 3 aromatic rings. The van der Waals surface area contributed by atoms with Crippen LogP contribution in [0, 0.1) is 0 Å². The maximum atomic E-state index is 5.77. The highest BCUT2D eigenvalue weighted by atomic mass is 16.5. The summed E-state index contributed by atoms with van der Waals surface area (Å²) in [7, 11) is 1.58. The molecular formula is C16H15N5O. The number of hydrogen-bond donors (Lipinski definition) is 2. The Bertz CT molecular complexity index is 791. The van der Waals surface area contributed by atoms with Gasteiger partial charge in [-0.05, 0) is 30.3 Å². The van der Waals surface area contributed by atoms with Crippen LogP contribution in [0.5, 0.6) is 5.88 Å². The molecule has 0 atom stereocenters. The van der Waals surface area contributed by atoms with Crippen LogP contribution in [-0.4, -0.2) is 22.1 Å². The molecule has 0 fully saturated rings. The van der Waals surface area contributed by atoms with Gasteiger partial charge >= 0.3 is 0 Å². The molecule has 0 saturated carbocycles. The Hall–Kier alpha value is -3.15. The van der Waals surface area contributed by atoms with E-state index in [9.17, 15) is 0 Å². The molecule has 0 unspecified atom stereocenters. The Morgan fingerprint density at radius 2 is 1.95 bits per heavy atom. The second kappa shape index (κ2) is 6.09. The Labute approximate surface area is 128 Å². The van der Waals surface area contributed by atoms with Crippen LogP contribution in [-0.2, 0) is 0 Å². The number of methoxy groups -OCH3 is 1. The quantitative estimate of drug-likeness (QED) is 0.719. The summed E-state index contributed by atoms with van der Waals surface area (Å²) >= 11 is 0. The lowest BCUT2D eigenvalue weighted by molar-refractivity contribution is 0.399. The minimum absolute atomic E-state index is 0.524. The molecule has 0 saturated heterocycles. The fraction of sp³-hybridized carbons (Fsp3) is 0.0625. The van der Waals surface area contributed by atoms with Crippen molar-refractivity contribution in [2.24, 2.45) is 0 Å². The highest BCUT2D eigenvalue weighted by molar-refractivity contribution is 5.69. The molecule has 0 aliphatic carbocycles. The molecule has 3 N–H and O–H groups in total. The van der Waals surface area contributed by atoms with Gasteiger partial charge in [0.25, 0.3) is 0 Å². The van der Waals surface area contributed by atoms with Gasteiger partial charge in [-0.2, -0.15) is 0 Å². The first-order valence-corrected chi connectivity index (χ1v) is 6.70. The fourth-order valence-electron chi connectivity index (χ4n) is 2.09. The SMILES string of the molecule is COc1ncccc1-c1cc(Nc2cccc(N)c2)ncn1. The molecule has 0 radical (unpaired) electrons. The summed E-state index contributed by atoms with van der Waals surface area (Å²) in [5.41, 5.74) is 8.86. The minimum atomic E-state index is 0.524. The number of pyridine rings is 1. The van der Waals surface area contributed by atoms with Crippen LogP contribution < -0.4 is 15.8 Å². The van der Waals surface area contributed by atoms with Crippen molar-refractivity contribution in [1.82, 2.24) is 15.0 Å². The fourth-order valence-corrected chi connectivity index (χ4v) is 2.09. The Balaban J connectivity index is 1.93. The van der Waals surface area contributed by atoms with E-state index in [0.29, 0.717) is 17.4 Å². The Morgan fingerprint density at radius 3 is 2.77 bits per heavy atom. The second-order valence-electron chi connectivity index (χ2n) is 4.60. The lowest BCUT2D eigenvalue weighted by Gasteiger charge is -2.09. The lowest BCUT2D eigenvalue weighted by Crippen LogP contribution is -1.97. The Kier molecular flexibility index (Phi) is 3.82. The van der Waals surface area contributed by atoms with Crippen molar-refractivity contribution in [3.05, 3.63) is 55.0 Å². The summed E-state index contributed by atoms with van der Waals surface area (Å²) < 4.78 is 5.27. The molecule has 6 nitrogen and oxygen atoms in total. The number of nitrogens with one attached hydrogen (secondary N) is 1. The van der Waals surface area contributed by atoms with Gasteiger partial charge in [-0.25, -0.2) is 15.0 Å². The molecule has 2 aromatic heterocycles. The highest BCUT2D eigenvalue weighted by Crippen LogP contribution is 2.27. The minimum Gasteiger partial charge on any atom is -0.481 e. The molecule has 0 amide bonds. The average Bonchev–Trinajstić information content (AvgIpc) is 2.55. The molecule has 2 heterocycles. The van der Waals surface area contributed by atoms with E-state index in [4.69, 9.17) is 10.5 Å². The highest BCUT2D eigenvalue weighted by Gasteiger charge is 2.09. The maximum absolute atomic E-state index is 5.77. The smallest absolute Gasteiger partial charge is 0.222 e. The molecular weight excluding hydrogens is 278 g/mol. The summed E-state index contributed by atoms with van der Waals surface area (Å²) in [6.07, 6.45) is 3.17. The van der Waals surface area contributed by atoms with Crippen LogP contribution in [0.15, 0.2) is 55.0 Å². The van der Waals surface area contributed by atoms with Crippen LogP contribution in [0.3, 0.4) is 0 Å². The van der Waals surface area contributed by atoms with E-state index in [1.54, 1.807) is 13.3 Å². The zero-order valence-electron chi connectivity index (χ0n) is 12.0. The standard InChI is InChI=1S/C16H15N5O/c1-22-16-13(6-3-7-18-16)14-9-15(20-10-19-14)21-12-5-2-4-11(17)8-12/h2-10H,17H2,1H3,(H,19,20,21). The summed E-state index contributed by atoms with van der Waals surface area (Å²) in [4.78, 5) is 12.7. The number of nitrogens with two attached hydrogens (primary N) is 1. The van der Waals surface area contributed by atoms with Crippen LogP contribution in [0.25, 0.3) is 11.3 Å². The number of nitrogens with zero attached hydrogens (tertiary/aromatic N) is 3. The molecule has 1 aromatic carbocycles. The molecule has 6 heteroatoms. The summed E-state index contributed by atoms with van der Waals surface area (Å²) in [6, 6.07) is 13.0. The van der Waals surface area contributed by atoms with E-state index in [1.165, 1.54) is 6.33 Å². The van der Waals surface area contributed by atoms with Crippen LogP contribution in [0.1, 0.15) is 0 Å². The van der Waals surface area contributed by atoms with Crippen molar-refractivity contribution < 1.29 is 4.74 Å². The molecule has 3 rings (SSSR count). The van der Waals surface area contributed by atoms with Crippen LogP contribution in [0.2, 0.25) is 0 Å². The molecule has 0 bridgehead atoms. The van der Waals surface area contributed by atoms with E-state index >= 15 is 0 Å². The van der Waals surface area contributed by atoms with Gasteiger partial charge < -0.3 is 15.8 Å². The first kappa shape index (κ1) is 13.8. The summed E-state index contributed by atoms with van der Waals surface area (Å²) in [5.74, 6) is 1.19. The van der Waals surface area contributed by atoms with Crippen LogP contribution >= 0.6 is 0 Å². The average molecular weight is 293 g/mol. The Morgan fingerprint density at radius 1 is 1.05 bits per heavy atom. The first-order valence-electron chi connectivity index (χ1n) is 6.70. The van der Waals surface area contributed by atoms with Crippen molar-refractivity contribution in [3.63, 3.8) is 0 Å². The number of aromatic nitrogens is 3. The molecule has 110 valence electrons. The van der Waals surface area contributed by atoms with E-state index in [-0.39, 0.29) is 0 Å². The third-order valence-corrected chi connectivity index (χ3v) is 3.07. The second-order valence-corrected chi connectivity index (χ2v) is 4.60. The van der Waals surface area contributed by atoms with Crippen molar-refractivity contribution in [1.29, 1.82) is 0 Å². The van der Waals surface area contributed by atoms with Crippen molar-refractivity contribution >= 4 is 17.2 Å². The van der Waals surface area contributed by atoms with Gasteiger partial charge in [0.2, 0.25) is 5.88 Å².